The summed E-state index contributed by atoms with van der Waals surface area (Å²) in [6.45, 7) is 2.19. The van der Waals surface area contributed by atoms with E-state index < -0.39 is 0 Å². The minimum absolute atomic E-state index is 0. The minimum Gasteiger partial charge on any atom is -0.0805 e. The predicted octanol–water partition coefficient (Wildman–Crippen LogP) is 2.28. The zero-order valence-corrected chi connectivity index (χ0v) is 6.62. The van der Waals surface area contributed by atoms with Gasteiger partial charge in [-0.25, -0.2) is 0 Å². The van der Waals surface area contributed by atoms with Crippen LogP contribution in [0.4, 0.5) is 0 Å². The quantitative estimate of drug-likeness (QED) is 0.565. The van der Waals surface area contributed by atoms with Crippen molar-refractivity contribution in [2.24, 2.45) is 0 Å². The smallest absolute Gasteiger partial charge is 0 e. The molecule has 0 saturated carbocycles. The number of hydrogen-bond acceptors (Lipinski definition) is 0. The topological polar surface area (TPSA) is 0 Å². The van der Waals surface area contributed by atoms with Crippen LogP contribution >= 0.6 is 0 Å². The molecule has 0 bridgehead atoms. The van der Waals surface area contributed by atoms with E-state index in [0.29, 0.717) is 0 Å². The molecule has 0 aromatic rings. The summed E-state index contributed by atoms with van der Waals surface area (Å²) in [5, 5.41) is 0. The molecule has 47 valence electrons. The van der Waals surface area contributed by atoms with Gasteiger partial charge in [0.25, 0.3) is 0 Å². The predicted molar refractivity (Wildman–Crippen MR) is 32.1 cm³/mol. The van der Waals surface area contributed by atoms with E-state index in [0.717, 1.165) is 0 Å². The van der Waals surface area contributed by atoms with Gasteiger partial charge in [-0.3, -0.25) is 0 Å². The Balaban J connectivity index is 0.000000490. The fraction of sp³-hybridized carbons (Fsp3) is 0.429. The summed E-state index contributed by atoms with van der Waals surface area (Å²) in [4.78, 5) is 0. The van der Waals surface area contributed by atoms with Crippen LogP contribution in [0.5, 0.6) is 0 Å². The van der Waals surface area contributed by atoms with E-state index in [1.807, 2.05) is 0 Å². The van der Waals surface area contributed by atoms with Crippen LogP contribution in [0.3, 0.4) is 0 Å². The van der Waals surface area contributed by atoms with Crippen molar-refractivity contribution in [3.8, 4) is 0 Å². The molecule has 0 aliphatic heterocycles. The van der Waals surface area contributed by atoms with Gasteiger partial charge >= 0.3 is 0 Å². The first kappa shape index (κ1) is 8.10. The molecule has 0 fully saturated rings. The van der Waals surface area contributed by atoms with Crippen molar-refractivity contribution in [3.05, 3.63) is 23.8 Å². The van der Waals surface area contributed by atoms with E-state index in [4.69, 9.17) is 0 Å². The zero-order chi connectivity index (χ0) is 5.11. The summed E-state index contributed by atoms with van der Waals surface area (Å²) in [6, 6.07) is 0. The van der Waals surface area contributed by atoms with Gasteiger partial charge in [0.1, 0.15) is 0 Å². The van der Waals surface area contributed by atoms with Gasteiger partial charge in [-0.15, -0.1) is 0 Å². The maximum atomic E-state index is 2.19. The molecule has 0 unspecified atom stereocenters. The minimum atomic E-state index is 0. The van der Waals surface area contributed by atoms with Crippen molar-refractivity contribution in [1.82, 2.24) is 0 Å². The van der Waals surface area contributed by atoms with Crippen LogP contribution in [0, 0.1) is 0 Å². The average molecular weight is 197 g/mol. The second-order valence-electron chi connectivity index (χ2n) is 1.81. The second kappa shape index (κ2) is 4.03. The van der Waals surface area contributed by atoms with Crippen LogP contribution in [-0.2, 0) is 19.5 Å². The van der Waals surface area contributed by atoms with Gasteiger partial charge in [0, 0.05) is 19.5 Å². The standard InChI is InChI=1S/C7H10.Rh/c1-2-7-5-3-4-6-7;/h3-5H,2,6H2,1H3;. The molecule has 1 aliphatic carbocycles. The Morgan fingerprint density at radius 3 is 2.62 bits per heavy atom. The van der Waals surface area contributed by atoms with Crippen molar-refractivity contribution >= 4 is 0 Å². The van der Waals surface area contributed by atoms with Crippen LogP contribution in [-0.4, -0.2) is 0 Å². The van der Waals surface area contributed by atoms with E-state index >= 15 is 0 Å². The van der Waals surface area contributed by atoms with E-state index in [-0.39, 0.29) is 19.5 Å². The molecule has 0 heterocycles. The van der Waals surface area contributed by atoms with Crippen molar-refractivity contribution < 1.29 is 19.5 Å². The first-order valence-electron chi connectivity index (χ1n) is 2.78. The third-order valence-corrected chi connectivity index (χ3v) is 1.30. The molecule has 1 radical (unpaired) electrons. The van der Waals surface area contributed by atoms with Crippen LogP contribution in [0.2, 0.25) is 0 Å². The fourth-order valence-corrected chi connectivity index (χ4v) is 0.754. The maximum absolute atomic E-state index is 2.19. The molecule has 8 heavy (non-hydrogen) atoms. The SMILES string of the molecule is CCC1=CC=CC1.[Rh]. The Hall–Kier alpha value is 0.103. The van der Waals surface area contributed by atoms with Gasteiger partial charge < -0.3 is 0 Å². The first-order valence-corrected chi connectivity index (χ1v) is 2.78. The van der Waals surface area contributed by atoms with E-state index in [9.17, 15) is 0 Å². The van der Waals surface area contributed by atoms with Crippen LogP contribution in [0.1, 0.15) is 19.8 Å². The van der Waals surface area contributed by atoms with E-state index in [1.165, 1.54) is 12.8 Å². The summed E-state index contributed by atoms with van der Waals surface area (Å²) in [7, 11) is 0. The number of allylic oxidation sites excluding steroid dienone is 4. The molecule has 0 amide bonds. The molecule has 0 aromatic heterocycles. The summed E-state index contributed by atoms with van der Waals surface area (Å²) in [6.07, 6.45) is 8.92. The molecular weight excluding hydrogens is 187 g/mol. The molecule has 0 nitrogen and oxygen atoms in total. The molecule has 1 aliphatic rings. The molecule has 1 rings (SSSR count). The Kier molecular flexibility index (Phi) is 4.08. The number of hydrogen-bond donors (Lipinski definition) is 0. The monoisotopic (exact) mass is 197 g/mol. The third kappa shape index (κ3) is 1.92. The molecule has 0 spiro atoms. The summed E-state index contributed by atoms with van der Waals surface area (Å²) >= 11 is 0. The van der Waals surface area contributed by atoms with Crippen LogP contribution in [0.25, 0.3) is 0 Å². The van der Waals surface area contributed by atoms with Crippen molar-refractivity contribution in [3.63, 3.8) is 0 Å². The molecule has 0 N–H and O–H groups in total. The van der Waals surface area contributed by atoms with Crippen LogP contribution < -0.4 is 0 Å². The van der Waals surface area contributed by atoms with Gasteiger partial charge in [-0.2, -0.15) is 0 Å². The van der Waals surface area contributed by atoms with Crippen molar-refractivity contribution in [2.45, 2.75) is 19.8 Å². The van der Waals surface area contributed by atoms with Gasteiger partial charge in [-0.05, 0) is 12.8 Å². The Bertz CT molecular complexity index is 112. The molecule has 0 atom stereocenters. The molecule has 1 heteroatoms. The maximum Gasteiger partial charge on any atom is 0 e. The van der Waals surface area contributed by atoms with E-state index in [2.05, 4.69) is 25.2 Å². The summed E-state index contributed by atoms with van der Waals surface area (Å²) < 4.78 is 0. The molecule has 0 saturated heterocycles. The molecule has 0 aromatic carbocycles. The van der Waals surface area contributed by atoms with Crippen molar-refractivity contribution in [2.75, 3.05) is 0 Å². The van der Waals surface area contributed by atoms with Gasteiger partial charge in [0.05, 0.1) is 0 Å². The summed E-state index contributed by atoms with van der Waals surface area (Å²) in [5.41, 5.74) is 1.56. The van der Waals surface area contributed by atoms with Gasteiger partial charge in [0.15, 0.2) is 0 Å². The van der Waals surface area contributed by atoms with Crippen LogP contribution in [0.15, 0.2) is 23.8 Å². The fourth-order valence-electron chi connectivity index (χ4n) is 0.754. The van der Waals surface area contributed by atoms with Gasteiger partial charge in [-0.1, -0.05) is 30.7 Å². The zero-order valence-electron chi connectivity index (χ0n) is 4.98. The summed E-state index contributed by atoms with van der Waals surface area (Å²) in [5.74, 6) is 0. The molecular formula is C7H10Rh. The average Bonchev–Trinajstić information content (AvgIpc) is 2.14. The van der Waals surface area contributed by atoms with Crippen molar-refractivity contribution in [1.29, 1.82) is 0 Å². The Labute approximate surface area is 63.4 Å². The Morgan fingerprint density at radius 1 is 1.62 bits per heavy atom. The van der Waals surface area contributed by atoms with Gasteiger partial charge in [0.2, 0.25) is 0 Å². The normalized spacial score (nSPS) is 15.4. The number of rotatable bonds is 1. The second-order valence-corrected chi connectivity index (χ2v) is 1.81. The van der Waals surface area contributed by atoms with E-state index in [1.54, 1.807) is 5.57 Å². The third-order valence-electron chi connectivity index (χ3n) is 1.30. The Morgan fingerprint density at radius 2 is 2.38 bits per heavy atom. The largest absolute Gasteiger partial charge is 0.0805 e. The first-order chi connectivity index (χ1) is 3.43.